The smallest absolute Gasteiger partial charge is 0.246 e. The summed E-state index contributed by atoms with van der Waals surface area (Å²) in [6.07, 6.45) is 6.92. The summed E-state index contributed by atoms with van der Waals surface area (Å²) in [6, 6.07) is -1.31. The number of primary amides is 1. The Morgan fingerprint density at radius 1 is 1.46 bits per heavy atom. The van der Waals surface area contributed by atoms with Crippen LogP contribution in [0.15, 0.2) is 12.5 Å². The number of aromatic nitrogens is 2. The highest BCUT2D eigenvalue weighted by Crippen LogP contribution is 2.18. The number of amides is 4. The van der Waals surface area contributed by atoms with Crippen LogP contribution in [0.1, 0.15) is 31.4 Å². The fourth-order valence-corrected chi connectivity index (χ4v) is 3.01. The van der Waals surface area contributed by atoms with Crippen molar-refractivity contribution in [1.82, 2.24) is 25.5 Å². The van der Waals surface area contributed by atoms with Crippen molar-refractivity contribution >= 4 is 24.1 Å². The van der Waals surface area contributed by atoms with Gasteiger partial charge >= 0.3 is 0 Å². The summed E-state index contributed by atoms with van der Waals surface area (Å²) in [5.41, 5.74) is 6.03. The summed E-state index contributed by atoms with van der Waals surface area (Å²) in [5, 5.41) is 5.17. The molecule has 10 heteroatoms. The van der Waals surface area contributed by atoms with Crippen LogP contribution in [0.4, 0.5) is 0 Å². The van der Waals surface area contributed by atoms with Gasteiger partial charge < -0.3 is 26.3 Å². The third-order valence-corrected chi connectivity index (χ3v) is 4.31. The van der Waals surface area contributed by atoms with E-state index in [1.165, 1.54) is 11.2 Å². The number of carbonyl (C=O) groups excluding carboxylic acids is 4. The quantitative estimate of drug-likeness (QED) is 0.450. The summed E-state index contributed by atoms with van der Waals surface area (Å²) >= 11 is 0. The van der Waals surface area contributed by atoms with Gasteiger partial charge in [0, 0.05) is 37.8 Å². The van der Waals surface area contributed by atoms with Gasteiger partial charge in [-0.1, -0.05) is 0 Å². The Labute approximate surface area is 150 Å². The summed E-state index contributed by atoms with van der Waals surface area (Å²) in [6.45, 7) is 1.37. The van der Waals surface area contributed by atoms with Crippen molar-refractivity contribution in [3.05, 3.63) is 18.2 Å². The minimum atomic E-state index is -0.729. The molecular weight excluding hydrogens is 340 g/mol. The first-order valence-electron chi connectivity index (χ1n) is 8.56. The van der Waals surface area contributed by atoms with E-state index in [-0.39, 0.29) is 11.8 Å². The van der Waals surface area contributed by atoms with Crippen LogP contribution >= 0.6 is 0 Å². The predicted molar refractivity (Wildman–Crippen MR) is 91.5 cm³/mol. The predicted octanol–water partition coefficient (Wildman–Crippen LogP) is -1.56. The molecule has 2 fully saturated rings. The number of aromatic amines is 1. The molecule has 142 valence electrons. The van der Waals surface area contributed by atoms with Crippen LogP contribution < -0.4 is 16.4 Å². The van der Waals surface area contributed by atoms with E-state index in [0.29, 0.717) is 25.8 Å². The second-order valence-corrected chi connectivity index (χ2v) is 6.16. The van der Waals surface area contributed by atoms with Gasteiger partial charge in [-0.3, -0.25) is 19.2 Å². The normalized spacial score (nSPS) is 19.9. The van der Waals surface area contributed by atoms with Crippen LogP contribution in [0.5, 0.6) is 0 Å². The first kappa shape index (κ1) is 19.4. The summed E-state index contributed by atoms with van der Waals surface area (Å²) < 4.78 is 0. The molecule has 2 aliphatic heterocycles. The zero-order valence-electron chi connectivity index (χ0n) is 14.4. The minimum absolute atomic E-state index is 0.204. The maximum atomic E-state index is 12.4. The average Bonchev–Trinajstić information content (AvgIpc) is 3.36. The van der Waals surface area contributed by atoms with Crippen molar-refractivity contribution in [2.45, 2.75) is 44.2 Å². The molecule has 2 saturated heterocycles. The van der Waals surface area contributed by atoms with Crippen molar-refractivity contribution in [3.8, 4) is 0 Å². The Kier molecular flexibility index (Phi) is 7.12. The second-order valence-electron chi connectivity index (χ2n) is 6.16. The van der Waals surface area contributed by atoms with Crippen LogP contribution in [-0.2, 0) is 25.6 Å². The zero-order chi connectivity index (χ0) is 18.9. The highest BCUT2D eigenvalue weighted by molar-refractivity contribution is 5.90. The number of hydrogen-bond donors (Lipinski definition) is 4. The topological polar surface area (TPSA) is 150 Å². The Morgan fingerprint density at radius 2 is 2.27 bits per heavy atom. The lowest BCUT2D eigenvalue weighted by molar-refractivity contribution is -0.139. The first-order valence-corrected chi connectivity index (χ1v) is 8.56. The van der Waals surface area contributed by atoms with Crippen molar-refractivity contribution in [2.75, 3.05) is 13.1 Å². The van der Waals surface area contributed by atoms with Crippen LogP contribution in [0.25, 0.3) is 0 Å². The minimum Gasteiger partial charge on any atom is -0.368 e. The molecule has 10 nitrogen and oxygen atoms in total. The van der Waals surface area contributed by atoms with E-state index >= 15 is 0 Å². The molecule has 1 aromatic heterocycles. The summed E-state index contributed by atoms with van der Waals surface area (Å²) in [7, 11) is 0. The van der Waals surface area contributed by atoms with Crippen LogP contribution in [0.3, 0.4) is 0 Å². The molecule has 5 N–H and O–H groups in total. The number of nitrogens with two attached hydrogens (primary N) is 1. The number of imidazole rings is 1. The van der Waals surface area contributed by atoms with E-state index in [1.807, 2.05) is 0 Å². The third kappa shape index (κ3) is 5.30. The molecule has 0 spiro atoms. The van der Waals surface area contributed by atoms with Crippen LogP contribution in [0, 0.1) is 0 Å². The van der Waals surface area contributed by atoms with Crippen molar-refractivity contribution in [2.24, 2.45) is 5.73 Å². The molecule has 0 bridgehead atoms. The largest absolute Gasteiger partial charge is 0.368 e. The maximum Gasteiger partial charge on any atom is 0.246 e. The summed E-state index contributed by atoms with van der Waals surface area (Å²) in [4.78, 5) is 52.8. The highest BCUT2D eigenvalue weighted by atomic mass is 16.2. The van der Waals surface area contributed by atoms with E-state index < -0.39 is 18.0 Å². The third-order valence-electron chi connectivity index (χ3n) is 4.31. The standard InChI is InChI=1S/C12H17N5O3.C4H7NO/c13-11(19)10-2-1-3-17(10)12(20)9(16-7-18)4-8-5-14-6-15-8;6-4-2-1-3-5-4/h5-7,9-10H,1-4H2,(H2,13,19)(H,14,15)(H,16,18);1-3H2,(H,5,6). The Hall–Kier alpha value is -2.91. The van der Waals surface area contributed by atoms with E-state index in [4.69, 9.17) is 5.73 Å². The Balaban J connectivity index is 0.000000342. The van der Waals surface area contributed by atoms with Crippen LogP contribution in [-0.4, -0.2) is 64.2 Å². The first-order chi connectivity index (χ1) is 12.5. The molecule has 2 atom stereocenters. The number of carbonyl (C=O) groups is 4. The molecule has 0 aromatic carbocycles. The van der Waals surface area contributed by atoms with Gasteiger partial charge in [-0.2, -0.15) is 0 Å². The van der Waals surface area contributed by atoms with Crippen molar-refractivity contribution < 1.29 is 19.2 Å². The lowest BCUT2D eigenvalue weighted by Gasteiger charge is -2.26. The fraction of sp³-hybridized carbons (Fsp3) is 0.562. The van der Waals surface area contributed by atoms with E-state index in [1.54, 1.807) is 6.20 Å². The Bertz CT molecular complexity index is 625. The molecular formula is C16H24N6O4. The molecule has 26 heavy (non-hydrogen) atoms. The molecule has 2 unspecified atom stereocenters. The molecule has 2 aliphatic rings. The van der Waals surface area contributed by atoms with Gasteiger partial charge in [-0.25, -0.2) is 4.98 Å². The Morgan fingerprint density at radius 3 is 2.77 bits per heavy atom. The molecule has 3 heterocycles. The van der Waals surface area contributed by atoms with Gasteiger partial charge in [0.25, 0.3) is 0 Å². The van der Waals surface area contributed by atoms with Gasteiger partial charge in [0.1, 0.15) is 12.1 Å². The molecule has 4 amide bonds. The number of hydrogen-bond acceptors (Lipinski definition) is 5. The van der Waals surface area contributed by atoms with Gasteiger partial charge in [0.2, 0.25) is 24.1 Å². The zero-order valence-corrected chi connectivity index (χ0v) is 14.4. The number of nitrogens with one attached hydrogen (secondary N) is 3. The number of nitrogens with zero attached hydrogens (tertiary/aromatic N) is 2. The van der Waals surface area contributed by atoms with E-state index in [9.17, 15) is 19.2 Å². The lowest BCUT2D eigenvalue weighted by Crippen LogP contribution is -2.52. The maximum absolute atomic E-state index is 12.4. The second kappa shape index (κ2) is 9.54. The van der Waals surface area contributed by atoms with E-state index in [0.717, 1.165) is 31.5 Å². The van der Waals surface area contributed by atoms with Crippen LogP contribution in [0.2, 0.25) is 0 Å². The molecule has 3 rings (SSSR count). The average molecular weight is 364 g/mol. The van der Waals surface area contributed by atoms with E-state index in [2.05, 4.69) is 20.6 Å². The van der Waals surface area contributed by atoms with Crippen molar-refractivity contribution in [3.63, 3.8) is 0 Å². The number of likely N-dealkylation sites (tertiary alicyclic amines) is 1. The highest BCUT2D eigenvalue weighted by Gasteiger charge is 2.36. The van der Waals surface area contributed by atoms with Gasteiger partial charge in [-0.05, 0) is 19.3 Å². The van der Waals surface area contributed by atoms with Gasteiger partial charge in [0.05, 0.1) is 6.33 Å². The molecule has 0 radical (unpaired) electrons. The fourth-order valence-electron chi connectivity index (χ4n) is 3.01. The molecule has 1 aromatic rings. The monoisotopic (exact) mass is 364 g/mol. The number of rotatable bonds is 6. The molecule has 0 saturated carbocycles. The van der Waals surface area contributed by atoms with Gasteiger partial charge in [-0.15, -0.1) is 0 Å². The summed E-state index contributed by atoms with van der Waals surface area (Å²) in [5.74, 6) is -0.606. The lowest BCUT2D eigenvalue weighted by atomic mass is 10.1. The SMILES string of the molecule is NC(=O)C1CCCN1C(=O)C(Cc1cnc[nH]1)NC=O.O=C1CCCN1. The van der Waals surface area contributed by atoms with Gasteiger partial charge in [0.15, 0.2) is 0 Å². The van der Waals surface area contributed by atoms with Crippen molar-refractivity contribution in [1.29, 1.82) is 0 Å². The molecule has 0 aliphatic carbocycles. The number of H-pyrrole nitrogens is 1.